The van der Waals surface area contributed by atoms with E-state index in [1.165, 1.54) is 11.3 Å². The fourth-order valence-corrected chi connectivity index (χ4v) is 4.52. The fraction of sp³-hybridized carbons (Fsp3) is 0.348. The molecule has 1 N–H and O–H groups in total. The summed E-state index contributed by atoms with van der Waals surface area (Å²) < 4.78 is 0. The molecule has 1 aliphatic heterocycles. The molecule has 0 amide bonds. The molecule has 1 heterocycles. The molecule has 0 fully saturated rings. The van der Waals surface area contributed by atoms with Crippen molar-refractivity contribution >= 4 is 24.3 Å². The first kappa shape index (κ1) is 19.4. The first-order chi connectivity index (χ1) is 12.7. The van der Waals surface area contributed by atoms with E-state index < -0.39 is 5.97 Å². The van der Waals surface area contributed by atoms with Gasteiger partial charge in [0.25, 0.3) is 0 Å². The Balaban J connectivity index is 1.95. The lowest BCUT2D eigenvalue weighted by atomic mass is 9.76. The zero-order valence-corrected chi connectivity index (χ0v) is 17.0. The molecule has 2 aromatic carbocycles. The van der Waals surface area contributed by atoms with E-state index in [2.05, 4.69) is 62.6 Å². The molecule has 4 heteroatoms. The minimum Gasteiger partial charge on any atom is -0.478 e. The summed E-state index contributed by atoms with van der Waals surface area (Å²) in [4.78, 5) is 13.3. The number of anilines is 1. The van der Waals surface area contributed by atoms with Gasteiger partial charge in [0.15, 0.2) is 0 Å². The molecule has 27 heavy (non-hydrogen) atoms. The van der Waals surface area contributed by atoms with Crippen molar-refractivity contribution in [2.75, 3.05) is 4.90 Å². The van der Waals surface area contributed by atoms with Crippen LogP contribution in [-0.4, -0.2) is 22.5 Å². The summed E-state index contributed by atoms with van der Waals surface area (Å²) in [5, 5.41) is 9.18. The van der Waals surface area contributed by atoms with E-state index in [0.29, 0.717) is 6.04 Å². The summed E-state index contributed by atoms with van der Waals surface area (Å²) in [7, 11) is 0. The van der Waals surface area contributed by atoms with E-state index in [1.807, 2.05) is 0 Å². The minimum atomic E-state index is -0.927. The van der Waals surface area contributed by atoms with Crippen molar-refractivity contribution in [2.45, 2.75) is 50.9 Å². The molecule has 0 aliphatic carbocycles. The van der Waals surface area contributed by atoms with Gasteiger partial charge in [-0.05, 0) is 73.7 Å². The van der Waals surface area contributed by atoms with Gasteiger partial charge in [-0.1, -0.05) is 25.7 Å². The maximum Gasteiger partial charge on any atom is 0.335 e. The Hall–Kier alpha value is -2.38. The lowest BCUT2D eigenvalue weighted by Gasteiger charge is -2.46. The number of aromatic carboxylic acids is 1. The highest BCUT2D eigenvalue weighted by molar-refractivity contribution is 7.81. The topological polar surface area (TPSA) is 40.5 Å². The second-order valence-corrected chi connectivity index (χ2v) is 8.53. The smallest absolute Gasteiger partial charge is 0.335 e. The average Bonchev–Trinajstić information content (AvgIpc) is 2.59. The summed E-state index contributed by atoms with van der Waals surface area (Å²) in [6.07, 6.45) is 0.981. The molecular weight excluding hydrogens is 354 g/mol. The van der Waals surface area contributed by atoms with Gasteiger partial charge < -0.3 is 10.0 Å². The number of nitrogens with zero attached hydrogens (tertiary/aromatic N) is 1. The average molecular weight is 380 g/mol. The van der Waals surface area contributed by atoms with Gasteiger partial charge in [-0.25, -0.2) is 4.79 Å². The largest absolute Gasteiger partial charge is 0.478 e. The number of fused-ring (bicyclic) bond motifs is 1. The molecule has 0 aromatic heterocycles. The quantitative estimate of drug-likeness (QED) is 0.574. The highest BCUT2D eigenvalue weighted by Crippen LogP contribution is 2.44. The van der Waals surface area contributed by atoms with Gasteiger partial charge >= 0.3 is 5.97 Å². The van der Waals surface area contributed by atoms with Crippen LogP contribution >= 0.6 is 12.6 Å². The van der Waals surface area contributed by atoms with Gasteiger partial charge in [0.1, 0.15) is 0 Å². The van der Waals surface area contributed by atoms with Crippen molar-refractivity contribution in [3.63, 3.8) is 0 Å². The molecule has 140 valence electrons. The second kappa shape index (κ2) is 7.32. The van der Waals surface area contributed by atoms with Gasteiger partial charge in [0.05, 0.1) is 10.9 Å². The molecule has 0 bridgehead atoms. The van der Waals surface area contributed by atoms with Crippen LogP contribution in [0.3, 0.4) is 0 Å². The van der Waals surface area contributed by atoms with E-state index in [4.69, 9.17) is 17.7 Å². The van der Waals surface area contributed by atoms with E-state index in [1.54, 1.807) is 24.3 Å². The predicted molar refractivity (Wildman–Crippen MR) is 114 cm³/mol. The van der Waals surface area contributed by atoms with Crippen LogP contribution in [0.5, 0.6) is 0 Å². The summed E-state index contributed by atoms with van der Waals surface area (Å²) in [6, 6.07) is 13.4. The van der Waals surface area contributed by atoms with E-state index in [-0.39, 0.29) is 16.4 Å². The maximum absolute atomic E-state index is 10.9. The second-order valence-electron chi connectivity index (χ2n) is 7.93. The molecule has 0 saturated carbocycles. The predicted octanol–water partition coefficient (Wildman–Crippen LogP) is 4.94. The summed E-state index contributed by atoms with van der Waals surface area (Å²) >= 11 is 4.83. The SMILES string of the molecule is CC(C)N1c2ccc(C#Cc3ccc(C(=O)O)cc3)cc2C(C)(C)CC1S. The normalized spacial score (nSPS) is 17.9. The number of rotatable bonds is 2. The first-order valence-electron chi connectivity index (χ1n) is 9.15. The standard InChI is InChI=1S/C23H25NO2S/c1-15(2)24-20-12-9-17(13-19(20)23(3,4)14-21(24)27)6-5-16-7-10-18(11-8-16)22(25)26/h7-13,15,21,27H,14H2,1-4H3,(H,25,26). The molecule has 1 aliphatic rings. The molecule has 3 rings (SSSR count). The number of hydrogen-bond acceptors (Lipinski definition) is 3. The number of carbonyl (C=O) groups is 1. The third kappa shape index (κ3) is 3.99. The Bertz CT molecular complexity index is 920. The van der Waals surface area contributed by atoms with Gasteiger partial charge in [-0.3, -0.25) is 0 Å². The number of carboxylic acid groups (broad SMARTS) is 1. The molecule has 0 radical (unpaired) electrons. The lowest BCUT2D eigenvalue weighted by Crippen LogP contribution is -2.46. The Labute approximate surface area is 166 Å². The van der Waals surface area contributed by atoms with Crippen LogP contribution in [-0.2, 0) is 5.41 Å². The summed E-state index contributed by atoms with van der Waals surface area (Å²) in [5.74, 6) is 5.42. The van der Waals surface area contributed by atoms with Crippen LogP contribution < -0.4 is 4.90 Å². The summed E-state index contributed by atoms with van der Waals surface area (Å²) in [6.45, 7) is 8.91. The molecule has 1 atom stereocenters. The fourth-order valence-electron chi connectivity index (χ4n) is 3.67. The van der Waals surface area contributed by atoms with Crippen LogP contribution in [0.25, 0.3) is 0 Å². The van der Waals surface area contributed by atoms with Crippen molar-refractivity contribution in [2.24, 2.45) is 0 Å². The number of benzene rings is 2. The van der Waals surface area contributed by atoms with Crippen LogP contribution in [0, 0.1) is 11.8 Å². The zero-order valence-electron chi connectivity index (χ0n) is 16.2. The van der Waals surface area contributed by atoms with Gasteiger partial charge in [0.2, 0.25) is 0 Å². The lowest BCUT2D eigenvalue weighted by molar-refractivity contribution is 0.0697. The molecule has 1 unspecified atom stereocenters. The van der Waals surface area contributed by atoms with Gasteiger partial charge in [-0.15, -0.1) is 0 Å². The van der Waals surface area contributed by atoms with Crippen LogP contribution in [0.1, 0.15) is 61.2 Å². The van der Waals surface area contributed by atoms with Crippen molar-refractivity contribution in [1.29, 1.82) is 0 Å². The number of thiol groups is 1. The molecular formula is C23H25NO2S. The zero-order chi connectivity index (χ0) is 19.8. The highest BCUT2D eigenvalue weighted by atomic mass is 32.1. The third-order valence-electron chi connectivity index (χ3n) is 5.06. The van der Waals surface area contributed by atoms with Crippen molar-refractivity contribution in [3.05, 3.63) is 64.7 Å². The molecule has 2 aromatic rings. The molecule has 3 nitrogen and oxygen atoms in total. The van der Waals surface area contributed by atoms with Crippen LogP contribution in [0.15, 0.2) is 42.5 Å². The van der Waals surface area contributed by atoms with Gasteiger partial charge in [0, 0.05) is 22.9 Å². The Kier molecular flexibility index (Phi) is 5.26. The molecule has 0 spiro atoms. The highest BCUT2D eigenvalue weighted by Gasteiger charge is 2.36. The van der Waals surface area contributed by atoms with E-state index in [9.17, 15) is 4.79 Å². The first-order valence-corrected chi connectivity index (χ1v) is 9.67. The summed E-state index contributed by atoms with van der Waals surface area (Å²) in [5.41, 5.74) is 4.61. The van der Waals surface area contributed by atoms with E-state index >= 15 is 0 Å². The monoisotopic (exact) mass is 379 g/mol. The van der Waals surface area contributed by atoms with Crippen LogP contribution in [0.2, 0.25) is 0 Å². The van der Waals surface area contributed by atoms with Crippen molar-refractivity contribution in [1.82, 2.24) is 0 Å². The Morgan fingerprint density at radius 2 is 1.74 bits per heavy atom. The Morgan fingerprint density at radius 3 is 2.33 bits per heavy atom. The third-order valence-corrected chi connectivity index (χ3v) is 5.49. The van der Waals surface area contributed by atoms with Crippen LogP contribution in [0.4, 0.5) is 5.69 Å². The van der Waals surface area contributed by atoms with Crippen molar-refractivity contribution < 1.29 is 9.90 Å². The van der Waals surface area contributed by atoms with Crippen molar-refractivity contribution in [3.8, 4) is 11.8 Å². The number of hydrogen-bond donors (Lipinski definition) is 2. The minimum absolute atomic E-state index is 0.0357. The Morgan fingerprint density at radius 1 is 1.15 bits per heavy atom. The van der Waals surface area contributed by atoms with Gasteiger partial charge in [-0.2, -0.15) is 12.6 Å². The van der Waals surface area contributed by atoms with E-state index in [0.717, 1.165) is 17.5 Å². The maximum atomic E-state index is 10.9. The number of carboxylic acids is 1. The molecule has 0 saturated heterocycles.